The molecule has 0 amide bonds. The van der Waals surface area contributed by atoms with Crippen LogP contribution in [0, 0.1) is 11.6 Å². The number of methoxy groups -OCH3 is 2. The lowest BCUT2D eigenvalue weighted by atomic mass is 10.0. The number of nitrogens with zero attached hydrogens (tertiary/aromatic N) is 1. The Bertz CT molecular complexity index is 1310. The minimum atomic E-state index is -4.12. The zero-order chi connectivity index (χ0) is 25.2. The monoisotopic (exact) mass is 522 g/mol. The first-order chi connectivity index (χ1) is 16.8. The van der Waals surface area contributed by atoms with Crippen LogP contribution in [0.25, 0.3) is 0 Å². The van der Waals surface area contributed by atoms with Gasteiger partial charge in [0.2, 0.25) is 0 Å². The van der Waals surface area contributed by atoms with Gasteiger partial charge < -0.3 is 14.8 Å². The molecule has 1 aliphatic rings. The van der Waals surface area contributed by atoms with E-state index in [2.05, 4.69) is 5.32 Å². The summed E-state index contributed by atoms with van der Waals surface area (Å²) < 4.78 is 68.9. The van der Waals surface area contributed by atoms with Gasteiger partial charge in [-0.3, -0.25) is 4.31 Å². The predicted octanol–water partition coefficient (Wildman–Crippen LogP) is 4.78. The van der Waals surface area contributed by atoms with Crippen LogP contribution < -0.4 is 19.1 Å². The van der Waals surface area contributed by atoms with E-state index >= 15 is 0 Å². The van der Waals surface area contributed by atoms with Crippen LogP contribution in [-0.2, 0) is 16.4 Å². The van der Waals surface area contributed by atoms with Crippen molar-refractivity contribution in [3.05, 3.63) is 82.4 Å². The fraction of sp³-hybridized carbons (Fsp3) is 0.280. The smallest absolute Gasteiger partial charge is 0.264 e. The minimum absolute atomic E-state index is 0.0000206. The fourth-order valence-corrected chi connectivity index (χ4v) is 6.18. The summed E-state index contributed by atoms with van der Waals surface area (Å²) in [6.07, 6.45) is 0.384. The standard InChI is InChI=1S/C25H25ClF2N2O4S/c1-33-24-9-7-19(14-25(24)34-2)35(31,32)30(18-10-11-29-15-18)23-8-6-17(26)12-16(23)13-20-21(27)4-3-5-22(20)28/h3-9,12,14,18,29H,10-11,13,15H2,1-2H3. The summed E-state index contributed by atoms with van der Waals surface area (Å²) in [6, 6.07) is 12.3. The predicted molar refractivity (Wildman–Crippen MR) is 131 cm³/mol. The normalized spacial score (nSPS) is 15.7. The highest BCUT2D eigenvalue weighted by Crippen LogP contribution is 2.37. The molecule has 0 bridgehead atoms. The maximum absolute atomic E-state index is 14.5. The first-order valence-corrected chi connectivity index (χ1v) is 12.8. The maximum atomic E-state index is 14.5. The van der Waals surface area contributed by atoms with Crippen LogP contribution in [0.4, 0.5) is 14.5 Å². The second kappa shape index (κ2) is 10.4. The molecule has 3 aromatic carbocycles. The van der Waals surface area contributed by atoms with Crippen molar-refractivity contribution >= 4 is 27.3 Å². The Hall–Kier alpha value is -2.88. The Morgan fingerprint density at radius 1 is 1.03 bits per heavy atom. The van der Waals surface area contributed by atoms with Crippen molar-refractivity contribution in [1.82, 2.24) is 5.32 Å². The first kappa shape index (κ1) is 25.2. The molecule has 1 unspecified atom stereocenters. The molecule has 10 heteroatoms. The quantitative estimate of drug-likeness (QED) is 0.461. The lowest BCUT2D eigenvalue weighted by Gasteiger charge is -2.32. The molecule has 1 heterocycles. The molecular formula is C25H25ClF2N2O4S. The summed E-state index contributed by atoms with van der Waals surface area (Å²) in [4.78, 5) is 0.0000206. The number of anilines is 1. The van der Waals surface area contributed by atoms with Gasteiger partial charge in [-0.15, -0.1) is 0 Å². The van der Waals surface area contributed by atoms with E-state index in [0.717, 1.165) is 0 Å². The minimum Gasteiger partial charge on any atom is -0.493 e. The maximum Gasteiger partial charge on any atom is 0.264 e. The summed E-state index contributed by atoms with van der Waals surface area (Å²) in [5, 5.41) is 3.52. The van der Waals surface area contributed by atoms with Crippen molar-refractivity contribution < 1.29 is 26.7 Å². The second-order valence-corrected chi connectivity index (χ2v) is 10.4. The summed E-state index contributed by atoms with van der Waals surface area (Å²) in [7, 11) is -1.23. The summed E-state index contributed by atoms with van der Waals surface area (Å²) in [5.74, 6) is -0.772. The van der Waals surface area contributed by atoms with Crippen LogP contribution in [0.3, 0.4) is 0 Å². The number of halogens is 3. The van der Waals surface area contributed by atoms with E-state index in [1.165, 1.54) is 54.9 Å². The van der Waals surface area contributed by atoms with Crippen molar-refractivity contribution in [3.63, 3.8) is 0 Å². The highest BCUT2D eigenvalue weighted by atomic mass is 35.5. The number of hydrogen-bond acceptors (Lipinski definition) is 5. The molecular weight excluding hydrogens is 498 g/mol. The molecule has 186 valence electrons. The van der Waals surface area contributed by atoms with Gasteiger partial charge in [-0.2, -0.15) is 0 Å². The molecule has 1 aliphatic heterocycles. The molecule has 4 rings (SSSR count). The molecule has 1 saturated heterocycles. The first-order valence-electron chi connectivity index (χ1n) is 10.9. The van der Waals surface area contributed by atoms with Crippen LogP contribution in [0.5, 0.6) is 11.5 Å². The zero-order valence-corrected chi connectivity index (χ0v) is 20.8. The van der Waals surface area contributed by atoms with E-state index in [4.69, 9.17) is 21.1 Å². The lowest BCUT2D eigenvalue weighted by molar-refractivity contribution is 0.354. The number of hydrogen-bond donors (Lipinski definition) is 1. The summed E-state index contributed by atoms with van der Waals surface area (Å²) >= 11 is 6.23. The summed E-state index contributed by atoms with van der Waals surface area (Å²) in [6.45, 7) is 1.05. The lowest BCUT2D eigenvalue weighted by Crippen LogP contribution is -2.42. The molecule has 0 aliphatic carbocycles. The third-order valence-corrected chi connectivity index (χ3v) is 8.08. The number of rotatable bonds is 8. The average Bonchev–Trinajstić information content (AvgIpc) is 3.36. The highest BCUT2D eigenvalue weighted by Gasteiger charge is 2.35. The molecule has 0 spiro atoms. The Labute approximate surface area is 208 Å². The van der Waals surface area contributed by atoms with Gasteiger partial charge in [0.05, 0.1) is 30.8 Å². The molecule has 0 saturated carbocycles. The average molecular weight is 523 g/mol. The fourth-order valence-electron chi connectivity index (χ4n) is 4.25. The van der Waals surface area contributed by atoms with Crippen molar-refractivity contribution in [2.45, 2.75) is 23.8 Å². The van der Waals surface area contributed by atoms with E-state index < -0.39 is 27.7 Å². The van der Waals surface area contributed by atoms with Crippen LogP contribution in [0.1, 0.15) is 17.5 Å². The van der Waals surface area contributed by atoms with Gasteiger partial charge >= 0.3 is 0 Å². The van der Waals surface area contributed by atoms with Crippen molar-refractivity contribution in [3.8, 4) is 11.5 Å². The van der Waals surface area contributed by atoms with Crippen molar-refractivity contribution in [2.24, 2.45) is 0 Å². The molecule has 1 N–H and O–H groups in total. The number of benzene rings is 3. The number of nitrogens with one attached hydrogen (secondary N) is 1. The van der Waals surface area contributed by atoms with E-state index in [0.29, 0.717) is 41.5 Å². The van der Waals surface area contributed by atoms with E-state index in [-0.39, 0.29) is 22.6 Å². The van der Waals surface area contributed by atoms with Crippen LogP contribution >= 0.6 is 11.6 Å². The van der Waals surface area contributed by atoms with E-state index in [9.17, 15) is 17.2 Å². The zero-order valence-electron chi connectivity index (χ0n) is 19.2. The van der Waals surface area contributed by atoms with Crippen LogP contribution in [-0.4, -0.2) is 41.8 Å². The number of ether oxygens (including phenoxy) is 2. The van der Waals surface area contributed by atoms with Crippen molar-refractivity contribution in [1.29, 1.82) is 0 Å². The molecule has 35 heavy (non-hydrogen) atoms. The SMILES string of the molecule is COc1ccc(S(=O)(=O)N(c2ccc(Cl)cc2Cc2c(F)cccc2F)C2CCNC2)cc1OC. The molecule has 0 aromatic heterocycles. The Kier molecular flexibility index (Phi) is 7.49. The topological polar surface area (TPSA) is 67.9 Å². The van der Waals surface area contributed by atoms with Gasteiger partial charge in [0.15, 0.2) is 11.5 Å². The Morgan fingerprint density at radius 3 is 2.37 bits per heavy atom. The highest BCUT2D eigenvalue weighted by molar-refractivity contribution is 7.92. The summed E-state index contributed by atoms with van der Waals surface area (Å²) in [5.41, 5.74) is 0.530. The van der Waals surface area contributed by atoms with Gasteiger partial charge in [-0.1, -0.05) is 17.7 Å². The van der Waals surface area contributed by atoms with Gasteiger partial charge in [0, 0.05) is 29.6 Å². The van der Waals surface area contributed by atoms with Gasteiger partial charge in [0.1, 0.15) is 11.6 Å². The number of sulfonamides is 1. The van der Waals surface area contributed by atoms with Gasteiger partial charge in [-0.25, -0.2) is 17.2 Å². The van der Waals surface area contributed by atoms with E-state index in [1.54, 1.807) is 18.2 Å². The molecule has 6 nitrogen and oxygen atoms in total. The molecule has 1 fully saturated rings. The molecule has 1 atom stereocenters. The van der Waals surface area contributed by atoms with Crippen LogP contribution in [0.2, 0.25) is 5.02 Å². The Morgan fingerprint density at radius 2 is 1.74 bits per heavy atom. The molecule has 3 aromatic rings. The largest absolute Gasteiger partial charge is 0.493 e. The van der Waals surface area contributed by atoms with Crippen molar-refractivity contribution in [2.75, 3.05) is 31.6 Å². The van der Waals surface area contributed by atoms with Crippen LogP contribution in [0.15, 0.2) is 59.5 Å². The third-order valence-electron chi connectivity index (χ3n) is 5.99. The Balaban J connectivity index is 1.87. The second-order valence-electron chi connectivity index (χ2n) is 8.11. The molecule has 0 radical (unpaired) electrons. The van der Waals surface area contributed by atoms with Gasteiger partial charge in [-0.05, 0) is 61.0 Å². The van der Waals surface area contributed by atoms with E-state index in [1.807, 2.05) is 0 Å². The van der Waals surface area contributed by atoms with Gasteiger partial charge in [0.25, 0.3) is 10.0 Å². The third kappa shape index (κ3) is 5.07.